The third-order valence-electron chi connectivity index (χ3n) is 2.97. The molecule has 1 saturated heterocycles. The fraction of sp³-hybridized carbons (Fsp3) is 0.636. The molecule has 1 aliphatic rings. The molecule has 0 bridgehead atoms. The van der Waals surface area contributed by atoms with Crippen LogP contribution >= 0.6 is 38.9 Å². The zero-order valence-corrected chi connectivity index (χ0v) is 12.1. The summed E-state index contributed by atoms with van der Waals surface area (Å²) in [6.45, 7) is 2.52. The molecule has 5 heteroatoms. The first-order valence-electron chi connectivity index (χ1n) is 5.37. The van der Waals surface area contributed by atoms with E-state index in [2.05, 4.69) is 33.4 Å². The van der Waals surface area contributed by atoms with Gasteiger partial charge in [-0.25, -0.2) is 0 Å². The van der Waals surface area contributed by atoms with Crippen LogP contribution in [0.3, 0.4) is 0 Å². The van der Waals surface area contributed by atoms with Crippen molar-refractivity contribution in [3.63, 3.8) is 0 Å². The van der Waals surface area contributed by atoms with E-state index in [-0.39, 0.29) is 5.54 Å². The Balaban J connectivity index is 1.91. The van der Waals surface area contributed by atoms with E-state index in [9.17, 15) is 0 Å². The molecular weight excluding hydrogens is 310 g/mol. The topological polar surface area (TPSA) is 21.3 Å². The Morgan fingerprint density at radius 2 is 2.19 bits per heavy atom. The Morgan fingerprint density at radius 3 is 2.75 bits per heavy atom. The number of thiophene rings is 1. The second-order valence-corrected chi connectivity index (χ2v) is 6.90. The number of nitrogens with one attached hydrogen (secondary N) is 1. The summed E-state index contributed by atoms with van der Waals surface area (Å²) < 4.78 is 6.56. The van der Waals surface area contributed by atoms with Crippen LogP contribution in [0.5, 0.6) is 0 Å². The van der Waals surface area contributed by atoms with Crippen LogP contribution in [0.25, 0.3) is 0 Å². The predicted molar refractivity (Wildman–Crippen MR) is 72.4 cm³/mol. The lowest BCUT2D eigenvalue weighted by molar-refractivity contribution is 0.0460. The second kappa shape index (κ2) is 5.83. The molecule has 90 valence electrons. The van der Waals surface area contributed by atoms with E-state index in [1.807, 2.05) is 0 Å². The summed E-state index contributed by atoms with van der Waals surface area (Å²) in [6.07, 6.45) is 2.01. The van der Waals surface area contributed by atoms with Crippen molar-refractivity contribution in [1.82, 2.24) is 5.32 Å². The van der Waals surface area contributed by atoms with E-state index >= 15 is 0 Å². The summed E-state index contributed by atoms with van der Waals surface area (Å²) in [4.78, 5) is 1.34. The van der Waals surface area contributed by atoms with Crippen LogP contribution in [0.2, 0.25) is 0 Å². The SMILES string of the molecule is ClCC1(NCc2ccc(Br)s2)CCOCC1. The molecule has 1 fully saturated rings. The number of alkyl halides is 1. The summed E-state index contributed by atoms with van der Waals surface area (Å²) in [5.41, 5.74) is 0.0657. The number of hydrogen-bond acceptors (Lipinski definition) is 3. The van der Waals surface area contributed by atoms with Gasteiger partial charge in [0.1, 0.15) is 0 Å². The van der Waals surface area contributed by atoms with Gasteiger partial charge in [-0.05, 0) is 40.9 Å². The van der Waals surface area contributed by atoms with E-state index in [1.165, 1.54) is 8.66 Å². The Hall–Kier alpha value is 0.390. The number of rotatable bonds is 4. The normalized spacial score (nSPS) is 19.9. The fourth-order valence-electron chi connectivity index (χ4n) is 1.84. The number of halogens is 2. The fourth-order valence-corrected chi connectivity index (χ4v) is 3.63. The molecule has 0 saturated carbocycles. The lowest BCUT2D eigenvalue weighted by atomic mass is 9.92. The monoisotopic (exact) mass is 323 g/mol. The molecule has 0 radical (unpaired) electrons. The van der Waals surface area contributed by atoms with Gasteiger partial charge in [0, 0.05) is 36.1 Å². The van der Waals surface area contributed by atoms with Crippen LogP contribution < -0.4 is 5.32 Å². The quantitative estimate of drug-likeness (QED) is 0.857. The zero-order chi connectivity index (χ0) is 11.4. The van der Waals surface area contributed by atoms with E-state index in [0.717, 1.165) is 32.6 Å². The maximum absolute atomic E-state index is 6.08. The molecule has 16 heavy (non-hydrogen) atoms. The average Bonchev–Trinajstić information content (AvgIpc) is 2.74. The van der Waals surface area contributed by atoms with Gasteiger partial charge in [-0.1, -0.05) is 0 Å². The average molecular weight is 325 g/mol. The minimum absolute atomic E-state index is 0.0657. The second-order valence-electron chi connectivity index (χ2n) is 4.09. The predicted octanol–water partition coefficient (Wildman–Crippen LogP) is 3.39. The first-order chi connectivity index (χ1) is 7.74. The van der Waals surface area contributed by atoms with Crippen molar-refractivity contribution in [2.45, 2.75) is 24.9 Å². The summed E-state index contributed by atoms with van der Waals surface area (Å²) >= 11 is 11.3. The van der Waals surface area contributed by atoms with Gasteiger partial charge in [-0.3, -0.25) is 0 Å². The lowest BCUT2D eigenvalue weighted by Crippen LogP contribution is -2.50. The summed E-state index contributed by atoms with van der Waals surface area (Å²) in [5.74, 6) is 0.656. The smallest absolute Gasteiger partial charge is 0.0701 e. The van der Waals surface area contributed by atoms with Crippen molar-refractivity contribution in [3.05, 3.63) is 20.8 Å². The first kappa shape index (κ1) is 12.8. The van der Waals surface area contributed by atoms with Gasteiger partial charge in [0.05, 0.1) is 3.79 Å². The van der Waals surface area contributed by atoms with Gasteiger partial charge in [-0.2, -0.15) is 0 Å². The van der Waals surface area contributed by atoms with Crippen molar-refractivity contribution >= 4 is 38.9 Å². The van der Waals surface area contributed by atoms with Crippen LogP contribution in [0.4, 0.5) is 0 Å². The third-order valence-corrected chi connectivity index (χ3v) is 5.11. The molecule has 2 rings (SSSR count). The molecule has 2 nitrogen and oxygen atoms in total. The van der Waals surface area contributed by atoms with E-state index in [4.69, 9.17) is 16.3 Å². The molecule has 1 aliphatic heterocycles. The van der Waals surface area contributed by atoms with E-state index < -0.39 is 0 Å². The molecule has 2 heterocycles. The minimum Gasteiger partial charge on any atom is -0.381 e. The molecule has 1 N–H and O–H groups in total. The van der Waals surface area contributed by atoms with Crippen LogP contribution in [-0.2, 0) is 11.3 Å². The molecule has 0 atom stereocenters. The van der Waals surface area contributed by atoms with E-state index in [0.29, 0.717) is 5.88 Å². The Labute approximate surface area is 113 Å². The highest BCUT2D eigenvalue weighted by Crippen LogP contribution is 2.25. The molecule has 0 spiro atoms. The zero-order valence-electron chi connectivity index (χ0n) is 8.97. The molecule has 0 aromatic carbocycles. The van der Waals surface area contributed by atoms with Gasteiger partial charge < -0.3 is 10.1 Å². The molecule has 1 aromatic rings. The summed E-state index contributed by atoms with van der Waals surface area (Å²) in [7, 11) is 0. The van der Waals surface area contributed by atoms with Crippen LogP contribution in [0.1, 0.15) is 17.7 Å². The van der Waals surface area contributed by atoms with Gasteiger partial charge >= 0.3 is 0 Å². The Bertz CT molecular complexity index is 338. The molecule has 0 unspecified atom stereocenters. The molecule has 1 aromatic heterocycles. The van der Waals surface area contributed by atoms with Gasteiger partial charge in [0.15, 0.2) is 0 Å². The summed E-state index contributed by atoms with van der Waals surface area (Å²) in [6, 6.07) is 4.22. The van der Waals surface area contributed by atoms with Crippen molar-refractivity contribution in [3.8, 4) is 0 Å². The maximum atomic E-state index is 6.08. The van der Waals surface area contributed by atoms with E-state index in [1.54, 1.807) is 11.3 Å². The van der Waals surface area contributed by atoms with Crippen LogP contribution in [0.15, 0.2) is 15.9 Å². The van der Waals surface area contributed by atoms with Crippen molar-refractivity contribution in [2.24, 2.45) is 0 Å². The largest absolute Gasteiger partial charge is 0.381 e. The lowest BCUT2D eigenvalue weighted by Gasteiger charge is -2.36. The Kier molecular flexibility index (Phi) is 4.67. The standard InChI is InChI=1S/C11H15BrClNOS/c12-10-2-1-9(16-10)7-14-11(8-13)3-5-15-6-4-11/h1-2,14H,3-8H2. The van der Waals surface area contributed by atoms with Gasteiger partial charge in [0.2, 0.25) is 0 Å². The van der Waals surface area contributed by atoms with Crippen molar-refractivity contribution < 1.29 is 4.74 Å². The third kappa shape index (κ3) is 3.20. The highest BCUT2D eigenvalue weighted by Gasteiger charge is 2.31. The number of hydrogen-bond donors (Lipinski definition) is 1. The number of ether oxygens (including phenoxy) is 1. The van der Waals surface area contributed by atoms with Crippen molar-refractivity contribution in [1.29, 1.82) is 0 Å². The molecule has 0 aliphatic carbocycles. The van der Waals surface area contributed by atoms with Crippen molar-refractivity contribution in [2.75, 3.05) is 19.1 Å². The molecular formula is C11H15BrClNOS. The highest BCUT2D eigenvalue weighted by molar-refractivity contribution is 9.11. The van der Waals surface area contributed by atoms with Crippen LogP contribution in [0, 0.1) is 0 Å². The highest BCUT2D eigenvalue weighted by atomic mass is 79.9. The summed E-state index contributed by atoms with van der Waals surface area (Å²) in [5, 5.41) is 3.59. The maximum Gasteiger partial charge on any atom is 0.0701 e. The van der Waals surface area contributed by atoms with Gasteiger partial charge in [0.25, 0.3) is 0 Å². The Morgan fingerprint density at radius 1 is 1.44 bits per heavy atom. The molecule has 0 amide bonds. The van der Waals surface area contributed by atoms with Crippen LogP contribution in [-0.4, -0.2) is 24.6 Å². The first-order valence-corrected chi connectivity index (χ1v) is 7.51. The minimum atomic E-state index is 0.0657. The van der Waals surface area contributed by atoms with Gasteiger partial charge in [-0.15, -0.1) is 22.9 Å².